The largest absolute Gasteiger partial charge is 0.497 e. The average molecular weight is 333 g/mol. The molecule has 0 N–H and O–H groups in total. The highest BCUT2D eigenvalue weighted by Crippen LogP contribution is 2.32. The molecule has 126 valence electrons. The third kappa shape index (κ3) is 4.18. The maximum atomic E-state index is 5.93. The molecule has 0 spiro atoms. The van der Waals surface area contributed by atoms with Crippen LogP contribution in [0.25, 0.3) is 0 Å². The maximum absolute atomic E-state index is 5.93. The first kappa shape index (κ1) is 16.6. The molecule has 0 aliphatic carbocycles. The zero-order valence-electron chi connectivity index (χ0n) is 14.2. The first-order valence-corrected chi connectivity index (χ1v) is 7.88. The van der Waals surface area contributed by atoms with E-state index in [0.29, 0.717) is 5.75 Å². The lowest BCUT2D eigenvalue weighted by molar-refractivity contribution is 0.402. The monoisotopic (exact) mass is 333 g/mol. The van der Waals surface area contributed by atoms with E-state index in [-0.39, 0.29) is 0 Å². The van der Waals surface area contributed by atoms with Gasteiger partial charge in [-0.2, -0.15) is 0 Å². The van der Waals surface area contributed by atoms with Crippen molar-refractivity contribution in [3.8, 4) is 23.0 Å². The van der Waals surface area contributed by atoms with E-state index in [1.807, 2.05) is 72.8 Å². The number of hydrogen-bond acceptors (Lipinski definition) is 4. The van der Waals surface area contributed by atoms with Crippen LogP contribution in [0, 0.1) is 0 Å². The smallest absolute Gasteiger partial charge is 0.153 e. The van der Waals surface area contributed by atoms with Crippen molar-refractivity contribution in [1.29, 1.82) is 0 Å². The zero-order valence-corrected chi connectivity index (χ0v) is 14.2. The van der Waals surface area contributed by atoms with E-state index < -0.39 is 0 Å². The number of benzene rings is 3. The van der Waals surface area contributed by atoms with Crippen LogP contribution in [0.15, 0.2) is 77.8 Å². The molecule has 0 atom stereocenters. The van der Waals surface area contributed by atoms with E-state index in [1.54, 1.807) is 20.4 Å². The van der Waals surface area contributed by atoms with E-state index in [1.165, 1.54) is 0 Å². The first-order valence-electron chi connectivity index (χ1n) is 7.88. The number of aliphatic imine (C=N–C) groups is 1. The fraction of sp³-hybridized carbons (Fsp3) is 0.0952. The van der Waals surface area contributed by atoms with Gasteiger partial charge in [0.05, 0.1) is 14.2 Å². The van der Waals surface area contributed by atoms with Crippen LogP contribution >= 0.6 is 0 Å². The second-order valence-electron chi connectivity index (χ2n) is 5.25. The summed E-state index contributed by atoms with van der Waals surface area (Å²) in [6.45, 7) is 0. The molecule has 0 saturated carbocycles. The molecule has 4 heteroatoms. The fourth-order valence-corrected chi connectivity index (χ4v) is 2.35. The number of nitrogens with zero attached hydrogens (tertiary/aromatic N) is 1. The molecule has 0 aliphatic heterocycles. The van der Waals surface area contributed by atoms with Crippen molar-refractivity contribution in [2.75, 3.05) is 14.2 Å². The molecule has 3 rings (SSSR count). The summed E-state index contributed by atoms with van der Waals surface area (Å²) in [6, 6.07) is 22.9. The Hall–Kier alpha value is -3.27. The van der Waals surface area contributed by atoms with Crippen molar-refractivity contribution in [2.45, 2.75) is 0 Å². The minimum atomic E-state index is 0.687. The van der Waals surface area contributed by atoms with Crippen molar-refractivity contribution in [3.63, 3.8) is 0 Å². The van der Waals surface area contributed by atoms with Crippen molar-refractivity contribution < 1.29 is 14.2 Å². The minimum absolute atomic E-state index is 0.687. The molecule has 3 aromatic carbocycles. The highest BCUT2D eigenvalue weighted by atomic mass is 16.5. The van der Waals surface area contributed by atoms with Crippen LogP contribution in [0.2, 0.25) is 0 Å². The number of rotatable bonds is 6. The summed E-state index contributed by atoms with van der Waals surface area (Å²) < 4.78 is 16.6. The number of methoxy groups -OCH3 is 2. The van der Waals surface area contributed by atoms with Gasteiger partial charge in [-0.3, -0.25) is 4.99 Å². The molecule has 3 aromatic rings. The van der Waals surface area contributed by atoms with Gasteiger partial charge in [-0.05, 0) is 42.5 Å². The van der Waals surface area contributed by atoms with Crippen LogP contribution in [-0.2, 0) is 0 Å². The van der Waals surface area contributed by atoms with Crippen LogP contribution in [0.4, 0.5) is 5.69 Å². The van der Waals surface area contributed by atoms with Gasteiger partial charge in [0.25, 0.3) is 0 Å². The molecule has 0 fully saturated rings. The van der Waals surface area contributed by atoms with Gasteiger partial charge < -0.3 is 14.2 Å². The standard InChI is InChI=1S/C21H19NO3/c1-23-18-12-13-20(24-2)16(14-18)15-22-19-10-6-7-11-21(19)25-17-8-4-3-5-9-17/h3-15H,1-2H3. The second kappa shape index (κ2) is 8.02. The van der Waals surface area contributed by atoms with Crippen LogP contribution in [0.1, 0.15) is 5.56 Å². The third-order valence-electron chi connectivity index (χ3n) is 3.62. The number of ether oxygens (including phenoxy) is 3. The number of hydrogen-bond donors (Lipinski definition) is 0. The summed E-state index contributed by atoms with van der Waals surface area (Å²) in [4.78, 5) is 4.57. The Morgan fingerprint density at radius 1 is 0.720 bits per heavy atom. The van der Waals surface area contributed by atoms with Crippen molar-refractivity contribution in [1.82, 2.24) is 0 Å². The first-order chi connectivity index (χ1) is 12.3. The fourth-order valence-electron chi connectivity index (χ4n) is 2.35. The summed E-state index contributed by atoms with van der Waals surface area (Å²) >= 11 is 0. The third-order valence-corrected chi connectivity index (χ3v) is 3.62. The Bertz CT molecular complexity index is 860. The molecule has 0 unspecified atom stereocenters. The lowest BCUT2D eigenvalue weighted by atomic mass is 10.2. The predicted octanol–water partition coefficient (Wildman–Crippen LogP) is 5.25. The van der Waals surface area contributed by atoms with E-state index in [2.05, 4.69) is 4.99 Å². The summed E-state index contributed by atoms with van der Waals surface area (Å²) in [5.74, 6) is 2.93. The molecular formula is C21H19NO3. The molecule has 0 heterocycles. The van der Waals surface area contributed by atoms with Crippen LogP contribution in [0.5, 0.6) is 23.0 Å². The predicted molar refractivity (Wildman–Crippen MR) is 99.8 cm³/mol. The lowest BCUT2D eigenvalue weighted by Crippen LogP contribution is -1.92. The van der Waals surface area contributed by atoms with Gasteiger partial charge in [0.1, 0.15) is 22.9 Å². The Morgan fingerprint density at radius 3 is 2.24 bits per heavy atom. The minimum Gasteiger partial charge on any atom is -0.497 e. The van der Waals surface area contributed by atoms with E-state index in [4.69, 9.17) is 14.2 Å². The SMILES string of the molecule is COc1ccc(OC)c(C=Nc2ccccc2Oc2ccccc2)c1. The Morgan fingerprint density at radius 2 is 1.48 bits per heavy atom. The Balaban J connectivity index is 1.89. The highest BCUT2D eigenvalue weighted by Gasteiger charge is 2.05. The van der Waals surface area contributed by atoms with Gasteiger partial charge in [0.15, 0.2) is 5.75 Å². The topological polar surface area (TPSA) is 40.0 Å². The molecule has 0 bridgehead atoms. The van der Waals surface area contributed by atoms with Crippen molar-refractivity contribution in [2.24, 2.45) is 4.99 Å². The molecule has 25 heavy (non-hydrogen) atoms. The van der Waals surface area contributed by atoms with Gasteiger partial charge in [-0.1, -0.05) is 30.3 Å². The Kier molecular flexibility index (Phi) is 5.32. The lowest BCUT2D eigenvalue weighted by Gasteiger charge is -2.09. The molecule has 0 saturated heterocycles. The maximum Gasteiger partial charge on any atom is 0.153 e. The Labute approximate surface area is 147 Å². The van der Waals surface area contributed by atoms with Crippen LogP contribution in [-0.4, -0.2) is 20.4 Å². The number of para-hydroxylation sites is 3. The van der Waals surface area contributed by atoms with E-state index in [9.17, 15) is 0 Å². The molecule has 0 radical (unpaired) electrons. The van der Waals surface area contributed by atoms with Crippen molar-refractivity contribution in [3.05, 3.63) is 78.4 Å². The molecule has 0 aliphatic rings. The van der Waals surface area contributed by atoms with Crippen molar-refractivity contribution >= 4 is 11.9 Å². The van der Waals surface area contributed by atoms with Crippen LogP contribution in [0.3, 0.4) is 0 Å². The van der Waals surface area contributed by atoms with Crippen LogP contribution < -0.4 is 14.2 Å². The van der Waals surface area contributed by atoms with E-state index >= 15 is 0 Å². The van der Waals surface area contributed by atoms with E-state index in [0.717, 1.165) is 28.5 Å². The van der Waals surface area contributed by atoms with Gasteiger partial charge in [-0.25, -0.2) is 0 Å². The van der Waals surface area contributed by atoms with Gasteiger partial charge in [0, 0.05) is 11.8 Å². The van der Waals surface area contributed by atoms with Gasteiger partial charge in [-0.15, -0.1) is 0 Å². The highest BCUT2D eigenvalue weighted by molar-refractivity contribution is 5.86. The molecule has 0 aromatic heterocycles. The van der Waals surface area contributed by atoms with Gasteiger partial charge in [0.2, 0.25) is 0 Å². The zero-order chi connectivity index (χ0) is 17.5. The summed E-state index contributed by atoms with van der Waals surface area (Å²) in [5.41, 5.74) is 1.56. The summed E-state index contributed by atoms with van der Waals surface area (Å²) in [6.07, 6.45) is 1.74. The second-order valence-corrected chi connectivity index (χ2v) is 5.25. The average Bonchev–Trinajstić information content (AvgIpc) is 2.68. The molecule has 4 nitrogen and oxygen atoms in total. The summed E-state index contributed by atoms with van der Waals surface area (Å²) in [7, 11) is 3.26. The normalized spacial score (nSPS) is 10.6. The quantitative estimate of drug-likeness (QED) is 0.579. The summed E-state index contributed by atoms with van der Waals surface area (Å²) in [5, 5.41) is 0. The molecule has 0 amide bonds. The van der Waals surface area contributed by atoms with Gasteiger partial charge >= 0.3 is 0 Å². The molecular weight excluding hydrogens is 314 g/mol.